The molecule has 0 spiro atoms. The molecule has 0 aromatic carbocycles. The summed E-state index contributed by atoms with van der Waals surface area (Å²) in [5.74, 6) is 0.335. The van der Waals surface area contributed by atoms with Crippen molar-refractivity contribution in [3.05, 3.63) is 16.4 Å². The topological polar surface area (TPSA) is 50.1 Å². The average molecular weight is 302 g/mol. The summed E-state index contributed by atoms with van der Waals surface area (Å²) < 4.78 is 2.83. The lowest BCUT2D eigenvalue weighted by molar-refractivity contribution is 0.0788. The summed E-state index contributed by atoms with van der Waals surface area (Å²) in [7, 11) is 0. The molecule has 1 aliphatic heterocycles. The Kier molecular flexibility index (Phi) is 4.22. The molecule has 1 aromatic heterocycles. The summed E-state index contributed by atoms with van der Waals surface area (Å²) in [5, 5.41) is 18.2. The van der Waals surface area contributed by atoms with E-state index in [2.05, 4.69) is 40.2 Å². The zero-order chi connectivity index (χ0) is 12.4. The van der Waals surface area contributed by atoms with E-state index < -0.39 is 6.10 Å². The van der Waals surface area contributed by atoms with E-state index in [4.69, 9.17) is 0 Å². The molecule has 1 fully saturated rings. The molecular formula is C12H20BrN3O. The number of halogens is 1. The molecule has 96 valence electrons. The normalized spacial score (nSPS) is 19.8. The molecular weight excluding hydrogens is 282 g/mol. The second kappa shape index (κ2) is 5.50. The predicted molar refractivity (Wildman–Crippen MR) is 70.9 cm³/mol. The van der Waals surface area contributed by atoms with Gasteiger partial charge in [-0.15, -0.1) is 0 Å². The second-order valence-electron chi connectivity index (χ2n) is 4.95. The van der Waals surface area contributed by atoms with E-state index in [1.807, 2.05) is 4.68 Å². The van der Waals surface area contributed by atoms with Gasteiger partial charge in [-0.05, 0) is 61.6 Å². The third-order valence-electron chi connectivity index (χ3n) is 3.39. The highest BCUT2D eigenvalue weighted by atomic mass is 79.9. The van der Waals surface area contributed by atoms with Crippen molar-refractivity contribution in [2.45, 2.75) is 38.8 Å². The van der Waals surface area contributed by atoms with Crippen LogP contribution in [0.4, 0.5) is 0 Å². The molecule has 0 saturated carbocycles. The fraction of sp³-hybridized carbons (Fsp3) is 0.750. The zero-order valence-electron chi connectivity index (χ0n) is 10.4. The van der Waals surface area contributed by atoms with Gasteiger partial charge in [0.15, 0.2) is 0 Å². The molecule has 1 saturated heterocycles. The van der Waals surface area contributed by atoms with E-state index in [1.165, 1.54) is 0 Å². The molecule has 2 heterocycles. The first kappa shape index (κ1) is 13.1. The number of hydrogen-bond donors (Lipinski definition) is 2. The zero-order valence-corrected chi connectivity index (χ0v) is 11.9. The summed E-state index contributed by atoms with van der Waals surface area (Å²) in [4.78, 5) is 0. The molecule has 5 heteroatoms. The molecule has 2 N–H and O–H groups in total. The van der Waals surface area contributed by atoms with Crippen molar-refractivity contribution in [2.24, 2.45) is 5.92 Å². The van der Waals surface area contributed by atoms with Gasteiger partial charge in [-0.1, -0.05) is 0 Å². The van der Waals surface area contributed by atoms with E-state index in [-0.39, 0.29) is 6.04 Å². The average Bonchev–Trinajstić information content (AvgIpc) is 2.71. The molecule has 0 aliphatic carbocycles. The SMILES string of the molecule is CC(C)n1ncc(Br)c1C(O)C1CCNCC1. The molecule has 0 amide bonds. The molecule has 1 atom stereocenters. The Morgan fingerprint density at radius 3 is 2.71 bits per heavy atom. The summed E-state index contributed by atoms with van der Waals surface area (Å²) in [5.41, 5.74) is 0.923. The van der Waals surface area contributed by atoms with Gasteiger partial charge in [-0.2, -0.15) is 5.10 Å². The molecule has 1 aromatic rings. The predicted octanol–water partition coefficient (Wildman–Crippen LogP) is 2.26. The van der Waals surface area contributed by atoms with Crippen LogP contribution in [0.2, 0.25) is 0 Å². The Balaban J connectivity index is 2.22. The summed E-state index contributed by atoms with van der Waals surface area (Å²) in [6.45, 7) is 6.15. The van der Waals surface area contributed by atoms with Crippen molar-refractivity contribution in [1.82, 2.24) is 15.1 Å². The number of nitrogens with zero attached hydrogens (tertiary/aromatic N) is 2. The third kappa shape index (κ3) is 2.72. The van der Waals surface area contributed by atoms with E-state index >= 15 is 0 Å². The van der Waals surface area contributed by atoms with Crippen LogP contribution in [0.25, 0.3) is 0 Å². The largest absolute Gasteiger partial charge is 0.386 e. The fourth-order valence-corrected chi connectivity index (χ4v) is 2.93. The van der Waals surface area contributed by atoms with E-state index in [0.29, 0.717) is 5.92 Å². The first-order valence-electron chi connectivity index (χ1n) is 6.23. The quantitative estimate of drug-likeness (QED) is 0.900. The lowest BCUT2D eigenvalue weighted by Crippen LogP contribution is -2.31. The first-order chi connectivity index (χ1) is 8.11. The standard InChI is InChI=1S/C12H20BrN3O/c1-8(2)16-11(10(13)7-15-16)12(17)9-3-5-14-6-4-9/h7-9,12,14,17H,3-6H2,1-2H3. The molecule has 2 rings (SSSR count). The van der Waals surface area contributed by atoms with Crippen LogP contribution in [0.15, 0.2) is 10.7 Å². The minimum absolute atomic E-state index is 0.271. The number of hydrogen-bond acceptors (Lipinski definition) is 3. The number of nitrogens with one attached hydrogen (secondary N) is 1. The molecule has 0 bridgehead atoms. The minimum Gasteiger partial charge on any atom is -0.386 e. The first-order valence-corrected chi connectivity index (χ1v) is 7.02. The van der Waals surface area contributed by atoms with E-state index in [9.17, 15) is 5.11 Å². The lowest BCUT2D eigenvalue weighted by Gasteiger charge is -2.28. The Morgan fingerprint density at radius 2 is 2.12 bits per heavy atom. The summed E-state index contributed by atoms with van der Waals surface area (Å²) in [6.07, 6.45) is 3.41. The third-order valence-corrected chi connectivity index (χ3v) is 4.00. The number of aromatic nitrogens is 2. The smallest absolute Gasteiger partial charge is 0.0997 e. The van der Waals surface area contributed by atoms with Crippen LogP contribution in [-0.4, -0.2) is 28.0 Å². The van der Waals surface area contributed by atoms with Gasteiger partial charge in [0.2, 0.25) is 0 Å². The van der Waals surface area contributed by atoms with Crippen LogP contribution in [0.3, 0.4) is 0 Å². The Hall–Kier alpha value is -0.390. The Labute approximate surface area is 111 Å². The van der Waals surface area contributed by atoms with Gasteiger partial charge >= 0.3 is 0 Å². The van der Waals surface area contributed by atoms with Gasteiger partial charge in [-0.3, -0.25) is 4.68 Å². The highest BCUT2D eigenvalue weighted by Gasteiger charge is 2.28. The molecule has 1 unspecified atom stereocenters. The highest BCUT2D eigenvalue weighted by molar-refractivity contribution is 9.10. The van der Waals surface area contributed by atoms with Crippen molar-refractivity contribution in [3.63, 3.8) is 0 Å². The number of rotatable bonds is 3. The van der Waals surface area contributed by atoms with Crippen molar-refractivity contribution < 1.29 is 5.11 Å². The fourth-order valence-electron chi connectivity index (χ4n) is 2.42. The van der Waals surface area contributed by atoms with Crippen LogP contribution >= 0.6 is 15.9 Å². The number of aliphatic hydroxyl groups excluding tert-OH is 1. The maximum Gasteiger partial charge on any atom is 0.0997 e. The van der Waals surface area contributed by atoms with E-state index in [0.717, 1.165) is 36.1 Å². The van der Waals surface area contributed by atoms with Gasteiger partial charge in [0.25, 0.3) is 0 Å². The second-order valence-corrected chi connectivity index (χ2v) is 5.80. The van der Waals surface area contributed by atoms with Crippen molar-refractivity contribution in [1.29, 1.82) is 0 Å². The monoisotopic (exact) mass is 301 g/mol. The lowest BCUT2D eigenvalue weighted by atomic mass is 9.90. The number of aliphatic hydroxyl groups is 1. The van der Waals surface area contributed by atoms with Crippen LogP contribution in [0, 0.1) is 5.92 Å². The van der Waals surface area contributed by atoms with Crippen molar-refractivity contribution >= 4 is 15.9 Å². The maximum atomic E-state index is 10.5. The molecule has 1 aliphatic rings. The van der Waals surface area contributed by atoms with Crippen LogP contribution in [-0.2, 0) is 0 Å². The molecule has 0 radical (unpaired) electrons. The van der Waals surface area contributed by atoms with Gasteiger partial charge in [-0.25, -0.2) is 0 Å². The van der Waals surface area contributed by atoms with Crippen LogP contribution < -0.4 is 5.32 Å². The Morgan fingerprint density at radius 1 is 1.47 bits per heavy atom. The Bertz CT molecular complexity index is 372. The summed E-state index contributed by atoms with van der Waals surface area (Å²) >= 11 is 3.49. The van der Waals surface area contributed by atoms with Crippen molar-refractivity contribution in [2.75, 3.05) is 13.1 Å². The van der Waals surface area contributed by atoms with Gasteiger partial charge in [0, 0.05) is 6.04 Å². The maximum absolute atomic E-state index is 10.5. The molecule has 4 nitrogen and oxygen atoms in total. The van der Waals surface area contributed by atoms with Crippen LogP contribution in [0.5, 0.6) is 0 Å². The van der Waals surface area contributed by atoms with Crippen molar-refractivity contribution in [3.8, 4) is 0 Å². The van der Waals surface area contributed by atoms with Crippen LogP contribution in [0.1, 0.15) is 44.5 Å². The minimum atomic E-state index is -0.420. The van der Waals surface area contributed by atoms with Gasteiger partial charge in [0.05, 0.1) is 22.5 Å². The summed E-state index contributed by atoms with van der Waals surface area (Å²) in [6, 6.07) is 0.271. The molecule has 17 heavy (non-hydrogen) atoms. The highest BCUT2D eigenvalue weighted by Crippen LogP contribution is 2.34. The number of piperidine rings is 1. The van der Waals surface area contributed by atoms with E-state index in [1.54, 1.807) is 6.20 Å². The van der Waals surface area contributed by atoms with Gasteiger partial charge in [0.1, 0.15) is 0 Å². The van der Waals surface area contributed by atoms with Gasteiger partial charge < -0.3 is 10.4 Å².